The van der Waals surface area contributed by atoms with Crippen molar-refractivity contribution >= 4 is 28.4 Å². The summed E-state index contributed by atoms with van der Waals surface area (Å²) in [6, 6.07) is 20.3. The van der Waals surface area contributed by atoms with Gasteiger partial charge in [-0.25, -0.2) is 0 Å². The van der Waals surface area contributed by atoms with E-state index in [4.69, 9.17) is 0 Å². The summed E-state index contributed by atoms with van der Waals surface area (Å²) < 4.78 is 0. The Morgan fingerprint density at radius 1 is 1.03 bits per heavy atom. The van der Waals surface area contributed by atoms with Gasteiger partial charge in [0.2, 0.25) is 5.91 Å². The minimum absolute atomic E-state index is 0.0738. The Hall–Kier alpha value is -3.45. The number of hydrogen-bond donors (Lipinski definition) is 1. The first-order valence-corrected chi connectivity index (χ1v) is 12.6. The molecule has 1 spiro atoms. The lowest BCUT2D eigenvalue weighted by Crippen LogP contribution is -2.57. The maximum atomic E-state index is 13.4. The summed E-state index contributed by atoms with van der Waals surface area (Å²) >= 11 is 0. The number of carbonyl (C=O) groups is 2. The van der Waals surface area contributed by atoms with Crippen LogP contribution in [0.2, 0.25) is 0 Å². The van der Waals surface area contributed by atoms with E-state index in [-0.39, 0.29) is 17.9 Å². The van der Waals surface area contributed by atoms with Crippen LogP contribution in [0.15, 0.2) is 66.9 Å². The number of aromatic nitrogens is 1. The highest BCUT2D eigenvalue weighted by Gasteiger charge is 2.50. The zero-order valence-electron chi connectivity index (χ0n) is 19.9. The van der Waals surface area contributed by atoms with Gasteiger partial charge >= 0.3 is 0 Å². The summed E-state index contributed by atoms with van der Waals surface area (Å²) in [6.07, 6.45) is 5.35. The molecule has 35 heavy (non-hydrogen) atoms. The molecule has 1 N–H and O–H groups in total. The summed E-state index contributed by atoms with van der Waals surface area (Å²) in [4.78, 5) is 37.6. The Labute approximate surface area is 205 Å². The third-order valence-electron chi connectivity index (χ3n) is 8.03. The average molecular weight is 470 g/mol. The number of carbonyl (C=O) groups excluding carboxylic acids is 2. The second-order valence-corrected chi connectivity index (χ2v) is 9.97. The van der Waals surface area contributed by atoms with E-state index in [9.17, 15) is 9.59 Å². The molecule has 7 heteroatoms. The van der Waals surface area contributed by atoms with Gasteiger partial charge in [-0.2, -0.15) is 0 Å². The van der Waals surface area contributed by atoms with Crippen molar-refractivity contribution in [3.63, 3.8) is 0 Å². The van der Waals surface area contributed by atoms with Crippen LogP contribution in [0.3, 0.4) is 0 Å². The highest BCUT2D eigenvalue weighted by Crippen LogP contribution is 2.36. The van der Waals surface area contributed by atoms with E-state index in [2.05, 4.69) is 32.2 Å². The lowest BCUT2D eigenvalue weighted by molar-refractivity contribution is -0.125. The highest BCUT2D eigenvalue weighted by molar-refractivity contribution is 5.97. The van der Waals surface area contributed by atoms with Gasteiger partial charge in [-0.1, -0.05) is 36.4 Å². The van der Waals surface area contributed by atoms with Crippen molar-refractivity contribution in [2.75, 3.05) is 37.7 Å². The maximum absolute atomic E-state index is 13.4. The number of nitrogens with one attached hydrogen (secondary N) is 1. The largest absolute Gasteiger partial charge is 0.339 e. The second-order valence-electron chi connectivity index (χ2n) is 9.97. The van der Waals surface area contributed by atoms with Gasteiger partial charge in [0, 0.05) is 49.5 Å². The van der Waals surface area contributed by atoms with Crippen molar-refractivity contribution < 1.29 is 9.59 Å². The first kappa shape index (κ1) is 22.0. The molecule has 0 saturated carbocycles. The van der Waals surface area contributed by atoms with Crippen molar-refractivity contribution in [3.8, 4) is 0 Å². The van der Waals surface area contributed by atoms with E-state index in [0.717, 1.165) is 68.5 Å². The molecule has 3 saturated heterocycles. The number of benzene rings is 2. The van der Waals surface area contributed by atoms with Gasteiger partial charge in [-0.15, -0.1) is 0 Å². The second kappa shape index (κ2) is 8.96. The molecular weight excluding hydrogens is 438 g/mol. The smallest absolute Gasteiger partial charge is 0.255 e. The number of likely N-dealkylation sites (tertiary alicyclic amines) is 2. The molecule has 1 atom stereocenters. The van der Waals surface area contributed by atoms with Gasteiger partial charge in [-0.3, -0.25) is 14.6 Å². The van der Waals surface area contributed by atoms with Crippen molar-refractivity contribution in [1.29, 1.82) is 0 Å². The minimum Gasteiger partial charge on any atom is -0.339 e. The Balaban J connectivity index is 1.13. The van der Waals surface area contributed by atoms with Crippen molar-refractivity contribution in [2.24, 2.45) is 0 Å². The van der Waals surface area contributed by atoms with Crippen LogP contribution < -0.4 is 10.2 Å². The molecule has 0 unspecified atom stereocenters. The number of rotatable bonds is 4. The number of para-hydroxylation sites is 2. The molecule has 0 radical (unpaired) electrons. The monoisotopic (exact) mass is 469 g/mol. The number of pyridine rings is 1. The molecule has 0 aliphatic carbocycles. The van der Waals surface area contributed by atoms with Gasteiger partial charge in [0.05, 0.1) is 17.7 Å². The molecule has 6 rings (SSSR count). The third-order valence-corrected chi connectivity index (χ3v) is 8.03. The van der Waals surface area contributed by atoms with E-state index in [1.807, 2.05) is 53.4 Å². The van der Waals surface area contributed by atoms with Gasteiger partial charge in [-0.05, 0) is 49.9 Å². The van der Waals surface area contributed by atoms with Gasteiger partial charge in [0.1, 0.15) is 5.54 Å². The van der Waals surface area contributed by atoms with Crippen molar-refractivity contribution in [1.82, 2.24) is 20.1 Å². The van der Waals surface area contributed by atoms with Crippen molar-refractivity contribution in [3.05, 3.63) is 72.4 Å². The van der Waals surface area contributed by atoms with E-state index >= 15 is 0 Å². The lowest BCUT2D eigenvalue weighted by atomic mass is 9.85. The first-order valence-electron chi connectivity index (χ1n) is 12.6. The fourth-order valence-corrected chi connectivity index (χ4v) is 6.08. The fourth-order valence-electron chi connectivity index (χ4n) is 6.08. The number of hydrogen-bond acceptors (Lipinski definition) is 5. The van der Waals surface area contributed by atoms with Crippen LogP contribution >= 0.6 is 0 Å². The van der Waals surface area contributed by atoms with Crippen LogP contribution in [0.1, 0.15) is 36.0 Å². The van der Waals surface area contributed by atoms with Gasteiger partial charge in [0.25, 0.3) is 5.91 Å². The molecule has 4 heterocycles. The summed E-state index contributed by atoms with van der Waals surface area (Å²) in [5.74, 6) is 0.215. The van der Waals surface area contributed by atoms with E-state index in [1.165, 1.54) is 0 Å². The Morgan fingerprint density at radius 2 is 1.80 bits per heavy atom. The molecule has 3 aliphatic rings. The predicted molar refractivity (Wildman–Crippen MR) is 136 cm³/mol. The summed E-state index contributed by atoms with van der Waals surface area (Å²) in [5.41, 5.74) is 2.19. The van der Waals surface area contributed by atoms with E-state index in [1.54, 1.807) is 6.20 Å². The van der Waals surface area contributed by atoms with Gasteiger partial charge < -0.3 is 20.0 Å². The van der Waals surface area contributed by atoms with Crippen LogP contribution in [-0.4, -0.2) is 71.0 Å². The number of piperidine rings is 1. The molecule has 1 aromatic heterocycles. The zero-order valence-corrected chi connectivity index (χ0v) is 19.9. The van der Waals surface area contributed by atoms with Crippen molar-refractivity contribution in [2.45, 2.75) is 37.3 Å². The Kier molecular flexibility index (Phi) is 5.65. The molecule has 0 bridgehead atoms. The van der Waals surface area contributed by atoms with Crippen LogP contribution in [0.25, 0.3) is 10.9 Å². The number of fused-ring (bicyclic) bond motifs is 1. The molecule has 7 nitrogen and oxygen atoms in total. The Bertz CT molecular complexity index is 1240. The van der Waals surface area contributed by atoms with E-state index < -0.39 is 5.54 Å². The molecular formula is C28H31N5O2. The maximum Gasteiger partial charge on any atom is 0.255 e. The molecule has 3 fully saturated rings. The number of amides is 2. The fraction of sp³-hybridized carbons (Fsp3) is 0.393. The van der Waals surface area contributed by atoms with Gasteiger partial charge in [0.15, 0.2) is 0 Å². The number of anilines is 1. The normalized spacial score (nSPS) is 22.2. The molecule has 180 valence electrons. The minimum atomic E-state index is -0.472. The van der Waals surface area contributed by atoms with Crippen LogP contribution in [0, 0.1) is 0 Å². The summed E-state index contributed by atoms with van der Waals surface area (Å²) in [7, 11) is 0. The third kappa shape index (κ3) is 3.93. The van der Waals surface area contributed by atoms with E-state index in [0.29, 0.717) is 12.2 Å². The molecule has 3 aliphatic heterocycles. The topological polar surface area (TPSA) is 68.8 Å². The quantitative estimate of drug-likeness (QED) is 0.635. The average Bonchev–Trinajstić information content (AvgIpc) is 3.49. The predicted octanol–water partition coefficient (Wildman–Crippen LogP) is 3.27. The standard InChI is InChI=1S/C28H31N5O2/c34-26(22-17-21-7-4-5-11-25(21)29-18-22)32-14-6-10-24(32)19-31-15-12-28(13-16-31)27(35)30-20-33(28)23-8-2-1-3-9-23/h1-5,7-9,11,17-18,24H,6,10,12-16,19-20H2,(H,30,35)/t24-/m1/s1. The lowest BCUT2D eigenvalue weighted by Gasteiger charge is -2.44. The Morgan fingerprint density at radius 3 is 2.63 bits per heavy atom. The zero-order chi connectivity index (χ0) is 23.8. The van der Waals surface area contributed by atoms with Crippen LogP contribution in [0.5, 0.6) is 0 Å². The van der Waals surface area contributed by atoms with Crippen LogP contribution in [-0.2, 0) is 4.79 Å². The first-order chi connectivity index (χ1) is 17.1. The molecule has 2 amide bonds. The molecule has 2 aromatic carbocycles. The SMILES string of the molecule is O=C(c1cnc2ccccc2c1)N1CCC[C@@H]1CN1CCC2(CC1)C(=O)NCN2c1ccccc1. The van der Waals surface area contributed by atoms with Crippen LogP contribution in [0.4, 0.5) is 5.69 Å². The summed E-state index contributed by atoms with van der Waals surface area (Å²) in [5, 5.41) is 4.07. The summed E-state index contributed by atoms with van der Waals surface area (Å²) in [6.45, 7) is 3.92. The molecule has 3 aromatic rings. The number of nitrogens with zero attached hydrogens (tertiary/aromatic N) is 4. The highest BCUT2D eigenvalue weighted by atomic mass is 16.2.